The Morgan fingerprint density at radius 1 is 1.40 bits per heavy atom. The van der Waals surface area contributed by atoms with Crippen LogP contribution in [-0.4, -0.2) is 43.8 Å². The molecule has 2 N–H and O–H groups in total. The van der Waals surface area contributed by atoms with Crippen molar-refractivity contribution in [3.8, 4) is 6.07 Å². The number of ether oxygens (including phenoxy) is 1. The Morgan fingerprint density at radius 2 is 2.07 bits per heavy atom. The van der Waals surface area contributed by atoms with E-state index in [1.54, 1.807) is 7.11 Å². The van der Waals surface area contributed by atoms with Crippen molar-refractivity contribution in [1.82, 2.24) is 4.90 Å². The fourth-order valence-corrected chi connectivity index (χ4v) is 1.87. The Balaban J connectivity index is 2.13. The second-order valence-electron chi connectivity index (χ2n) is 4.31. The van der Waals surface area contributed by atoms with Crippen LogP contribution in [0.3, 0.4) is 0 Å². The summed E-state index contributed by atoms with van der Waals surface area (Å²) < 4.78 is 5.00. The SMILES string of the molecule is COCCCCN1CCC(N)(C#N)CC1. The lowest BCUT2D eigenvalue weighted by Crippen LogP contribution is -2.49. The summed E-state index contributed by atoms with van der Waals surface area (Å²) in [5.74, 6) is 0. The van der Waals surface area contributed by atoms with Gasteiger partial charge in [0.1, 0.15) is 5.54 Å². The van der Waals surface area contributed by atoms with E-state index in [1.807, 2.05) is 0 Å². The average Bonchev–Trinajstić information content (AvgIpc) is 2.27. The van der Waals surface area contributed by atoms with Gasteiger partial charge in [0.15, 0.2) is 0 Å². The van der Waals surface area contributed by atoms with Crippen molar-refractivity contribution >= 4 is 0 Å². The van der Waals surface area contributed by atoms with Gasteiger partial charge in [0.05, 0.1) is 6.07 Å². The van der Waals surface area contributed by atoms with Crippen molar-refractivity contribution in [2.45, 2.75) is 31.2 Å². The van der Waals surface area contributed by atoms with Crippen LogP contribution in [-0.2, 0) is 4.74 Å². The number of nitriles is 1. The molecule has 1 saturated heterocycles. The monoisotopic (exact) mass is 211 g/mol. The fraction of sp³-hybridized carbons (Fsp3) is 0.909. The molecule has 0 bridgehead atoms. The van der Waals surface area contributed by atoms with Crippen LogP contribution in [0.15, 0.2) is 0 Å². The van der Waals surface area contributed by atoms with Gasteiger partial charge in [0.25, 0.3) is 0 Å². The van der Waals surface area contributed by atoms with Crippen molar-refractivity contribution in [1.29, 1.82) is 5.26 Å². The highest BCUT2D eigenvalue weighted by Gasteiger charge is 2.29. The third kappa shape index (κ3) is 4.17. The van der Waals surface area contributed by atoms with Crippen molar-refractivity contribution in [3.63, 3.8) is 0 Å². The van der Waals surface area contributed by atoms with Crippen LogP contribution in [0.4, 0.5) is 0 Å². The molecular formula is C11H21N3O. The van der Waals surface area contributed by atoms with Gasteiger partial charge >= 0.3 is 0 Å². The van der Waals surface area contributed by atoms with E-state index in [0.29, 0.717) is 0 Å². The predicted molar refractivity (Wildman–Crippen MR) is 59.3 cm³/mol. The van der Waals surface area contributed by atoms with Gasteiger partial charge in [0, 0.05) is 26.8 Å². The van der Waals surface area contributed by atoms with Crippen molar-refractivity contribution in [2.24, 2.45) is 5.73 Å². The Labute approximate surface area is 92.0 Å². The molecule has 0 aromatic heterocycles. The molecule has 86 valence electrons. The molecule has 0 aromatic rings. The minimum atomic E-state index is -0.566. The first-order valence-corrected chi connectivity index (χ1v) is 5.61. The van der Waals surface area contributed by atoms with Gasteiger partial charge in [-0.25, -0.2) is 0 Å². The van der Waals surface area contributed by atoms with E-state index in [4.69, 9.17) is 15.7 Å². The molecule has 1 fully saturated rings. The number of likely N-dealkylation sites (tertiary alicyclic amines) is 1. The highest BCUT2D eigenvalue weighted by molar-refractivity contribution is 5.07. The molecule has 15 heavy (non-hydrogen) atoms. The van der Waals surface area contributed by atoms with Gasteiger partial charge in [0.2, 0.25) is 0 Å². The lowest BCUT2D eigenvalue weighted by molar-refractivity contribution is 0.164. The minimum Gasteiger partial charge on any atom is -0.385 e. The van der Waals surface area contributed by atoms with Gasteiger partial charge in [-0.15, -0.1) is 0 Å². The van der Waals surface area contributed by atoms with Gasteiger partial charge in [-0.1, -0.05) is 0 Å². The van der Waals surface area contributed by atoms with Crippen LogP contribution in [0.5, 0.6) is 0 Å². The highest BCUT2D eigenvalue weighted by atomic mass is 16.5. The molecule has 1 rings (SSSR count). The summed E-state index contributed by atoms with van der Waals surface area (Å²) in [6.45, 7) is 3.85. The quantitative estimate of drug-likeness (QED) is 0.681. The first kappa shape index (κ1) is 12.4. The summed E-state index contributed by atoms with van der Waals surface area (Å²) in [6.07, 6.45) is 3.87. The molecule has 0 saturated carbocycles. The second kappa shape index (κ2) is 6.06. The topological polar surface area (TPSA) is 62.3 Å². The standard InChI is InChI=1S/C11H21N3O/c1-15-9-3-2-6-14-7-4-11(13,10-12)5-8-14/h2-9,13H2,1H3. The Kier molecular flexibility index (Phi) is 5.03. The lowest BCUT2D eigenvalue weighted by atomic mass is 9.90. The van der Waals surface area contributed by atoms with Crippen molar-refractivity contribution in [2.75, 3.05) is 33.4 Å². The number of nitrogens with zero attached hydrogens (tertiary/aromatic N) is 2. The van der Waals surface area contributed by atoms with Crippen molar-refractivity contribution in [3.05, 3.63) is 0 Å². The van der Waals surface area contributed by atoms with E-state index in [2.05, 4.69) is 11.0 Å². The van der Waals surface area contributed by atoms with Gasteiger partial charge in [-0.05, 0) is 32.2 Å². The normalized spacial score (nSPS) is 21.1. The molecule has 0 aromatic carbocycles. The maximum absolute atomic E-state index is 8.87. The number of rotatable bonds is 5. The lowest BCUT2D eigenvalue weighted by Gasteiger charge is -2.34. The number of methoxy groups -OCH3 is 1. The predicted octanol–water partition coefficient (Wildman–Crippen LogP) is 0.730. The molecule has 0 unspecified atom stereocenters. The highest BCUT2D eigenvalue weighted by Crippen LogP contribution is 2.18. The van der Waals surface area contributed by atoms with Gasteiger partial charge in [-0.3, -0.25) is 0 Å². The summed E-state index contributed by atoms with van der Waals surface area (Å²) in [4.78, 5) is 2.39. The third-order valence-electron chi connectivity index (χ3n) is 3.04. The van der Waals surface area contributed by atoms with E-state index < -0.39 is 5.54 Å². The molecule has 0 atom stereocenters. The first-order valence-electron chi connectivity index (χ1n) is 5.61. The molecule has 0 amide bonds. The van der Waals surface area contributed by atoms with E-state index in [0.717, 1.165) is 51.9 Å². The maximum atomic E-state index is 8.87. The number of unbranched alkanes of at least 4 members (excludes halogenated alkanes) is 1. The van der Waals surface area contributed by atoms with Crippen molar-refractivity contribution < 1.29 is 4.74 Å². The third-order valence-corrected chi connectivity index (χ3v) is 3.04. The zero-order valence-corrected chi connectivity index (χ0v) is 9.54. The molecular weight excluding hydrogens is 190 g/mol. The largest absolute Gasteiger partial charge is 0.385 e. The van der Waals surface area contributed by atoms with E-state index in [1.165, 1.54) is 0 Å². The second-order valence-corrected chi connectivity index (χ2v) is 4.31. The Morgan fingerprint density at radius 3 is 2.60 bits per heavy atom. The molecule has 4 nitrogen and oxygen atoms in total. The zero-order valence-electron chi connectivity index (χ0n) is 9.54. The molecule has 0 spiro atoms. The molecule has 4 heteroatoms. The maximum Gasteiger partial charge on any atom is 0.106 e. The molecule has 1 heterocycles. The average molecular weight is 211 g/mol. The molecule has 0 aliphatic carbocycles. The van der Waals surface area contributed by atoms with Crippen LogP contribution in [0, 0.1) is 11.3 Å². The van der Waals surface area contributed by atoms with E-state index in [9.17, 15) is 0 Å². The number of hydrogen-bond acceptors (Lipinski definition) is 4. The summed E-state index contributed by atoms with van der Waals surface area (Å²) in [6, 6.07) is 2.21. The van der Waals surface area contributed by atoms with Gasteiger partial charge < -0.3 is 15.4 Å². The number of hydrogen-bond donors (Lipinski definition) is 1. The van der Waals surface area contributed by atoms with E-state index >= 15 is 0 Å². The van der Waals surface area contributed by atoms with Gasteiger partial charge in [-0.2, -0.15) is 5.26 Å². The fourth-order valence-electron chi connectivity index (χ4n) is 1.87. The zero-order chi connectivity index (χ0) is 11.1. The smallest absolute Gasteiger partial charge is 0.106 e. The molecule has 1 aliphatic heterocycles. The van der Waals surface area contributed by atoms with Crippen LogP contribution >= 0.6 is 0 Å². The molecule has 0 radical (unpaired) electrons. The first-order chi connectivity index (χ1) is 7.20. The van der Waals surface area contributed by atoms with Crippen LogP contribution in [0.25, 0.3) is 0 Å². The number of nitrogens with two attached hydrogens (primary N) is 1. The van der Waals surface area contributed by atoms with Crippen LogP contribution < -0.4 is 5.73 Å². The van der Waals surface area contributed by atoms with Crippen LogP contribution in [0.1, 0.15) is 25.7 Å². The van der Waals surface area contributed by atoms with Crippen LogP contribution in [0.2, 0.25) is 0 Å². The number of piperidine rings is 1. The summed E-state index contributed by atoms with van der Waals surface area (Å²) in [5, 5.41) is 8.87. The minimum absolute atomic E-state index is 0.566. The summed E-state index contributed by atoms with van der Waals surface area (Å²) in [7, 11) is 1.73. The summed E-state index contributed by atoms with van der Waals surface area (Å²) >= 11 is 0. The summed E-state index contributed by atoms with van der Waals surface area (Å²) in [5.41, 5.74) is 5.32. The Bertz CT molecular complexity index is 216. The van der Waals surface area contributed by atoms with E-state index in [-0.39, 0.29) is 0 Å². The molecule has 1 aliphatic rings. The Hall–Kier alpha value is -0.630.